The molecule has 2 aliphatic rings. The van der Waals surface area contributed by atoms with Crippen LogP contribution in [0.2, 0.25) is 0 Å². The van der Waals surface area contributed by atoms with E-state index in [1.807, 2.05) is 12.1 Å². The average Bonchev–Trinajstić information content (AvgIpc) is 3.20. The van der Waals surface area contributed by atoms with Crippen LogP contribution in [0.4, 0.5) is 0 Å². The van der Waals surface area contributed by atoms with Crippen LogP contribution in [0.15, 0.2) is 47.4 Å². The van der Waals surface area contributed by atoms with Crippen molar-refractivity contribution < 1.29 is 18.3 Å². The van der Waals surface area contributed by atoms with Crippen molar-refractivity contribution in [3.8, 4) is 0 Å². The lowest BCUT2D eigenvalue weighted by atomic mass is 9.83. The molecule has 0 aromatic heterocycles. The molecule has 1 unspecified atom stereocenters. The summed E-state index contributed by atoms with van der Waals surface area (Å²) in [5.41, 5.74) is 0. The number of rotatable bonds is 9. The Labute approximate surface area is 155 Å². The van der Waals surface area contributed by atoms with E-state index in [4.69, 9.17) is 0 Å². The first-order chi connectivity index (χ1) is 12.5. The number of aliphatic carboxylic acids is 1. The summed E-state index contributed by atoms with van der Waals surface area (Å²) in [6.45, 7) is 0. The van der Waals surface area contributed by atoms with Crippen LogP contribution in [0.5, 0.6) is 0 Å². The van der Waals surface area contributed by atoms with Crippen molar-refractivity contribution >= 4 is 16.0 Å². The second-order valence-electron chi connectivity index (χ2n) is 7.43. The number of sulfonamides is 1. The normalized spacial score (nSPS) is 28.0. The number of fused-ring (bicyclic) bond motifs is 2. The van der Waals surface area contributed by atoms with Gasteiger partial charge >= 0.3 is 0 Å². The zero-order valence-electron chi connectivity index (χ0n) is 14.8. The minimum Gasteiger partial charge on any atom is -0.550 e. The van der Waals surface area contributed by atoms with Gasteiger partial charge in [0, 0.05) is 12.0 Å². The summed E-state index contributed by atoms with van der Waals surface area (Å²) in [5.74, 6) is 0.317. The van der Waals surface area contributed by atoms with Crippen molar-refractivity contribution in [2.75, 3.05) is 0 Å². The molecular formula is C20H26NO4S-. The van der Waals surface area contributed by atoms with Gasteiger partial charge in [-0.3, -0.25) is 0 Å². The molecule has 0 spiro atoms. The van der Waals surface area contributed by atoms with Gasteiger partial charge < -0.3 is 9.90 Å². The highest BCUT2D eigenvalue weighted by Crippen LogP contribution is 2.50. The van der Waals surface area contributed by atoms with E-state index < -0.39 is 16.0 Å². The predicted molar refractivity (Wildman–Crippen MR) is 97.5 cm³/mol. The van der Waals surface area contributed by atoms with Crippen LogP contribution in [0, 0.1) is 17.8 Å². The Morgan fingerprint density at radius 1 is 1.15 bits per heavy atom. The lowest BCUT2D eigenvalue weighted by Crippen LogP contribution is -2.43. The van der Waals surface area contributed by atoms with E-state index in [0.29, 0.717) is 29.1 Å². The fraction of sp³-hybridized carbons (Fsp3) is 0.550. The number of carboxylic acid groups (broad SMARTS) is 1. The third-order valence-corrected chi connectivity index (χ3v) is 7.23. The molecule has 0 amide bonds. The Kier molecular flexibility index (Phi) is 6.14. The Balaban J connectivity index is 1.60. The maximum absolute atomic E-state index is 12.7. The first-order valence-corrected chi connectivity index (χ1v) is 10.9. The standard InChI is InChI=1S/C20H27NO4S/c22-19(23)11-7-2-1-6-10-18-15-12-13-16(14-15)20(18)21-26(24,25)17-8-4-3-5-9-17/h1,3-6,8-9,15-16,18,20-21H,2,7,10-14H2,(H,22,23)/p-1/b6-1-/t15-,16?,18+,20+/m1/s1. The van der Waals surface area contributed by atoms with Crippen molar-refractivity contribution in [1.82, 2.24) is 4.72 Å². The first kappa shape index (κ1) is 19.1. The molecule has 0 aliphatic heterocycles. The fourth-order valence-corrected chi connectivity index (χ4v) is 5.89. The van der Waals surface area contributed by atoms with E-state index in [-0.39, 0.29) is 12.5 Å². The van der Waals surface area contributed by atoms with Gasteiger partial charge in [-0.05, 0) is 74.8 Å². The fourth-order valence-electron chi connectivity index (χ4n) is 4.52. The summed E-state index contributed by atoms with van der Waals surface area (Å²) in [4.78, 5) is 10.7. The van der Waals surface area contributed by atoms with E-state index >= 15 is 0 Å². The zero-order valence-corrected chi connectivity index (χ0v) is 15.7. The van der Waals surface area contributed by atoms with Gasteiger partial charge in [0.2, 0.25) is 10.0 Å². The second kappa shape index (κ2) is 8.35. The van der Waals surface area contributed by atoms with E-state index in [9.17, 15) is 18.3 Å². The van der Waals surface area contributed by atoms with Crippen molar-refractivity contribution in [1.29, 1.82) is 0 Å². The third-order valence-electron chi connectivity index (χ3n) is 5.76. The molecular weight excluding hydrogens is 350 g/mol. The number of allylic oxidation sites excluding steroid dienone is 2. The van der Waals surface area contributed by atoms with Crippen molar-refractivity contribution in [2.24, 2.45) is 17.8 Å². The molecule has 0 heterocycles. The maximum atomic E-state index is 12.7. The number of nitrogens with one attached hydrogen (secondary N) is 1. The van der Waals surface area contributed by atoms with Crippen LogP contribution in [-0.2, 0) is 14.8 Å². The molecule has 1 N–H and O–H groups in total. The van der Waals surface area contributed by atoms with Crippen LogP contribution < -0.4 is 9.83 Å². The number of benzene rings is 1. The Bertz CT molecular complexity index is 744. The van der Waals surface area contributed by atoms with Gasteiger partial charge in [0.15, 0.2) is 0 Å². The molecule has 5 nitrogen and oxygen atoms in total. The van der Waals surface area contributed by atoms with E-state index in [2.05, 4.69) is 10.8 Å². The molecule has 0 saturated heterocycles. The summed E-state index contributed by atoms with van der Waals surface area (Å²) in [6, 6.07) is 8.53. The van der Waals surface area contributed by atoms with Gasteiger partial charge in [0.25, 0.3) is 0 Å². The van der Waals surface area contributed by atoms with Gasteiger partial charge in [-0.25, -0.2) is 13.1 Å². The quantitative estimate of drug-likeness (QED) is 0.529. The Morgan fingerprint density at radius 3 is 2.62 bits per heavy atom. The van der Waals surface area contributed by atoms with E-state index in [0.717, 1.165) is 25.7 Å². The number of carboxylic acids is 1. The summed E-state index contributed by atoms with van der Waals surface area (Å²) in [7, 11) is -3.49. The number of carbonyl (C=O) groups excluding carboxylic acids is 1. The molecule has 2 saturated carbocycles. The number of hydrogen-bond acceptors (Lipinski definition) is 4. The summed E-state index contributed by atoms with van der Waals surface area (Å²) in [6.07, 6.45) is 9.70. The zero-order chi connectivity index (χ0) is 18.6. The molecule has 142 valence electrons. The molecule has 1 aromatic carbocycles. The highest BCUT2D eigenvalue weighted by Gasteiger charge is 2.48. The van der Waals surface area contributed by atoms with Crippen molar-refractivity contribution in [2.45, 2.75) is 55.9 Å². The van der Waals surface area contributed by atoms with Crippen LogP contribution in [-0.4, -0.2) is 20.4 Å². The minimum atomic E-state index is -3.49. The number of hydrogen-bond donors (Lipinski definition) is 1. The van der Waals surface area contributed by atoms with E-state index in [1.54, 1.807) is 24.3 Å². The first-order valence-electron chi connectivity index (χ1n) is 9.39. The smallest absolute Gasteiger partial charge is 0.240 e. The third kappa shape index (κ3) is 4.54. The van der Waals surface area contributed by atoms with Crippen molar-refractivity contribution in [3.05, 3.63) is 42.5 Å². The second-order valence-corrected chi connectivity index (χ2v) is 9.14. The number of unbranched alkanes of at least 4 members (excludes halogenated alkanes) is 1. The van der Waals surface area contributed by atoms with Gasteiger partial charge in [0.05, 0.1) is 4.90 Å². The lowest BCUT2D eigenvalue weighted by Gasteiger charge is -2.31. The average molecular weight is 376 g/mol. The maximum Gasteiger partial charge on any atom is 0.240 e. The van der Waals surface area contributed by atoms with Crippen LogP contribution in [0.25, 0.3) is 0 Å². The molecule has 4 atom stereocenters. The molecule has 2 bridgehead atoms. The van der Waals surface area contributed by atoms with Gasteiger partial charge in [-0.1, -0.05) is 30.4 Å². The largest absolute Gasteiger partial charge is 0.550 e. The molecule has 26 heavy (non-hydrogen) atoms. The summed E-state index contributed by atoms with van der Waals surface area (Å²) < 4.78 is 28.4. The molecule has 3 rings (SSSR count). The van der Waals surface area contributed by atoms with Gasteiger partial charge in [-0.2, -0.15) is 0 Å². The predicted octanol–water partition coefficient (Wildman–Crippen LogP) is 2.25. The molecule has 2 fully saturated rings. The van der Waals surface area contributed by atoms with Crippen LogP contribution in [0.3, 0.4) is 0 Å². The topological polar surface area (TPSA) is 86.3 Å². The lowest BCUT2D eigenvalue weighted by molar-refractivity contribution is -0.305. The molecule has 1 aromatic rings. The minimum absolute atomic E-state index is 0.00757. The molecule has 0 radical (unpaired) electrons. The highest BCUT2D eigenvalue weighted by molar-refractivity contribution is 7.89. The van der Waals surface area contributed by atoms with Crippen LogP contribution >= 0.6 is 0 Å². The Morgan fingerprint density at radius 2 is 1.88 bits per heavy atom. The van der Waals surface area contributed by atoms with Crippen molar-refractivity contribution in [3.63, 3.8) is 0 Å². The van der Waals surface area contributed by atoms with Gasteiger partial charge in [-0.15, -0.1) is 0 Å². The molecule has 2 aliphatic carbocycles. The molecule has 6 heteroatoms. The SMILES string of the molecule is O=C([O-])CCC/C=C\C[C@H]1[C@@H]2CCC(C2)[C@@H]1NS(=O)(=O)c1ccccc1. The number of carbonyl (C=O) groups is 1. The Hall–Kier alpha value is -1.66. The van der Waals surface area contributed by atoms with Gasteiger partial charge in [0.1, 0.15) is 0 Å². The van der Waals surface area contributed by atoms with E-state index in [1.165, 1.54) is 6.42 Å². The highest BCUT2D eigenvalue weighted by atomic mass is 32.2. The summed E-state index contributed by atoms with van der Waals surface area (Å²) in [5, 5.41) is 10.4. The monoisotopic (exact) mass is 376 g/mol. The van der Waals surface area contributed by atoms with Crippen LogP contribution in [0.1, 0.15) is 44.9 Å². The summed E-state index contributed by atoms with van der Waals surface area (Å²) >= 11 is 0.